The lowest BCUT2D eigenvalue weighted by Gasteiger charge is -2.05. The van der Waals surface area contributed by atoms with Crippen molar-refractivity contribution in [2.24, 2.45) is 5.73 Å². The number of benzene rings is 1. The number of para-hydroxylation sites is 1. The van der Waals surface area contributed by atoms with Gasteiger partial charge in [-0.15, -0.1) is 23.7 Å². The Morgan fingerprint density at radius 1 is 1.45 bits per heavy atom. The normalized spacial score (nSPS) is 11.4. The molecule has 3 N–H and O–H groups in total. The summed E-state index contributed by atoms with van der Waals surface area (Å²) in [4.78, 5) is 16.2. The van der Waals surface area contributed by atoms with E-state index in [-0.39, 0.29) is 24.4 Å². The summed E-state index contributed by atoms with van der Waals surface area (Å²) in [6, 6.07) is 7.69. The quantitative estimate of drug-likeness (QED) is 0.845. The van der Waals surface area contributed by atoms with Crippen LogP contribution in [0.1, 0.15) is 19.8 Å². The van der Waals surface area contributed by atoms with Crippen LogP contribution < -0.4 is 15.8 Å². The largest absolute Gasteiger partial charge is 0.496 e. The Balaban J connectivity index is 0.00000242. The number of anilines is 1. The summed E-state index contributed by atoms with van der Waals surface area (Å²) in [6.45, 7) is 1.89. The zero-order chi connectivity index (χ0) is 15.2. The smallest absolute Gasteiger partial charge is 0.226 e. The maximum absolute atomic E-state index is 11.8. The Kier molecular flexibility index (Phi) is 7.31. The van der Waals surface area contributed by atoms with Crippen LogP contribution in [0.25, 0.3) is 11.3 Å². The summed E-state index contributed by atoms with van der Waals surface area (Å²) < 4.78 is 5.32. The van der Waals surface area contributed by atoms with Crippen molar-refractivity contribution in [3.8, 4) is 17.0 Å². The first-order valence-electron chi connectivity index (χ1n) is 6.74. The third kappa shape index (κ3) is 4.98. The van der Waals surface area contributed by atoms with E-state index in [4.69, 9.17) is 10.5 Å². The summed E-state index contributed by atoms with van der Waals surface area (Å²) in [7, 11) is 1.63. The molecule has 2 rings (SSSR count). The predicted octanol–water partition coefficient (Wildman–Crippen LogP) is 3.31. The molecule has 1 aromatic heterocycles. The molecule has 2 aromatic rings. The van der Waals surface area contributed by atoms with E-state index in [1.165, 1.54) is 11.3 Å². The molecule has 0 saturated carbocycles. The summed E-state index contributed by atoms with van der Waals surface area (Å²) in [5.41, 5.74) is 7.34. The van der Waals surface area contributed by atoms with Crippen LogP contribution >= 0.6 is 23.7 Å². The number of nitrogens with zero attached hydrogens (tertiary/aromatic N) is 1. The highest BCUT2D eigenvalue weighted by molar-refractivity contribution is 7.14. The molecule has 0 bridgehead atoms. The molecule has 7 heteroatoms. The topological polar surface area (TPSA) is 77.2 Å². The molecule has 1 amide bonds. The van der Waals surface area contributed by atoms with E-state index in [1.807, 2.05) is 36.6 Å². The number of hydrogen-bond acceptors (Lipinski definition) is 5. The molecular formula is C15H20ClN3O2S. The number of carbonyl (C=O) groups is 1. The molecule has 0 aliphatic rings. The Labute approximate surface area is 140 Å². The van der Waals surface area contributed by atoms with Gasteiger partial charge in [-0.05, 0) is 25.5 Å². The average molecular weight is 342 g/mol. The Bertz CT molecular complexity index is 616. The molecule has 1 aromatic carbocycles. The summed E-state index contributed by atoms with van der Waals surface area (Å²) in [6.07, 6.45) is 1.07. The van der Waals surface area contributed by atoms with Crippen LogP contribution in [0.2, 0.25) is 0 Å². The van der Waals surface area contributed by atoms with Crippen LogP contribution in [0.3, 0.4) is 0 Å². The molecule has 1 heterocycles. The number of nitrogens with one attached hydrogen (secondary N) is 1. The van der Waals surface area contributed by atoms with Gasteiger partial charge in [-0.1, -0.05) is 12.1 Å². The highest BCUT2D eigenvalue weighted by Gasteiger charge is 2.11. The van der Waals surface area contributed by atoms with Crippen LogP contribution in [0, 0.1) is 0 Å². The fraction of sp³-hybridized carbons (Fsp3) is 0.333. The van der Waals surface area contributed by atoms with Gasteiger partial charge in [0.1, 0.15) is 5.75 Å². The number of hydrogen-bond donors (Lipinski definition) is 2. The summed E-state index contributed by atoms with van der Waals surface area (Å²) in [5.74, 6) is 0.700. The van der Waals surface area contributed by atoms with E-state index < -0.39 is 0 Å². The fourth-order valence-corrected chi connectivity index (χ4v) is 2.58. The minimum atomic E-state index is -0.0618. The molecular weight excluding hydrogens is 322 g/mol. The molecule has 0 spiro atoms. The van der Waals surface area contributed by atoms with Crippen LogP contribution in [0.5, 0.6) is 5.75 Å². The monoisotopic (exact) mass is 341 g/mol. The zero-order valence-electron chi connectivity index (χ0n) is 12.5. The van der Waals surface area contributed by atoms with Crippen molar-refractivity contribution < 1.29 is 9.53 Å². The van der Waals surface area contributed by atoms with Gasteiger partial charge in [0.15, 0.2) is 5.13 Å². The third-order valence-corrected chi connectivity index (χ3v) is 3.72. The van der Waals surface area contributed by atoms with Crippen LogP contribution in [0.4, 0.5) is 5.13 Å². The van der Waals surface area contributed by atoms with Crippen molar-refractivity contribution in [2.75, 3.05) is 12.4 Å². The predicted molar refractivity (Wildman–Crippen MR) is 92.9 cm³/mol. The summed E-state index contributed by atoms with van der Waals surface area (Å²) in [5, 5.41) is 5.29. The lowest BCUT2D eigenvalue weighted by atomic mass is 10.1. The molecule has 0 aliphatic carbocycles. The number of carbonyl (C=O) groups excluding carboxylic acids is 1. The van der Waals surface area contributed by atoms with Crippen molar-refractivity contribution >= 4 is 34.8 Å². The number of methoxy groups -OCH3 is 1. The Morgan fingerprint density at radius 2 is 2.18 bits per heavy atom. The summed E-state index contributed by atoms with van der Waals surface area (Å²) >= 11 is 1.40. The van der Waals surface area contributed by atoms with E-state index in [9.17, 15) is 4.79 Å². The molecule has 22 heavy (non-hydrogen) atoms. The molecule has 1 unspecified atom stereocenters. The van der Waals surface area contributed by atoms with Crippen molar-refractivity contribution in [2.45, 2.75) is 25.8 Å². The maximum atomic E-state index is 11.8. The van der Waals surface area contributed by atoms with Gasteiger partial charge in [0.2, 0.25) is 5.91 Å². The standard InChI is InChI=1S/C15H19N3O2S.ClH/c1-10(16)7-8-14(19)18-15-17-12(9-21-15)11-5-3-4-6-13(11)20-2;/h3-6,9-10H,7-8,16H2,1-2H3,(H,17,18,19);1H. The Hall–Kier alpha value is -1.63. The van der Waals surface area contributed by atoms with E-state index in [1.54, 1.807) is 7.11 Å². The molecule has 0 fully saturated rings. The molecule has 120 valence electrons. The SMILES string of the molecule is COc1ccccc1-c1csc(NC(=O)CCC(C)N)n1.Cl. The van der Waals surface area contributed by atoms with Crippen LogP contribution in [-0.4, -0.2) is 24.0 Å². The number of rotatable bonds is 6. The van der Waals surface area contributed by atoms with Crippen LogP contribution in [-0.2, 0) is 4.79 Å². The highest BCUT2D eigenvalue weighted by atomic mass is 35.5. The van der Waals surface area contributed by atoms with E-state index in [2.05, 4.69) is 10.3 Å². The average Bonchev–Trinajstić information content (AvgIpc) is 2.93. The first-order valence-corrected chi connectivity index (χ1v) is 7.62. The number of thiazole rings is 1. The van der Waals surface area contributed by atoms with Gasteiger partial charge in [0.05, 0.1) is 12.8 Å². The van der Waals surface area contributed by atoms with Crippen molar-refractivity contribution in [1.82, 2.24) is 4.98 Å². The molecule has 5 nitrogen and oxygen atoms in total. The number of amides is 1. The molecule has 0 radical (unpaired) electrons. The number of halogens is 1. The minimum absolute atomic E-state index is 0. The van der Waals surface area contributed by atoms with Gasteiger partial charge in [-0.3, -0.25) is 4.79 Å². The minimum Gasteiger partial charge on any atom is -0.496 e. The second kappa shape index (κ2) is 8.73. The Morgan fingerprint density at radius 3 is 2.86 bits per heavy atom. The van der Waals surface area contributed by atoms with E-state index in [0.717, 1.165) is 17.0 Å². The van der Waals surface area contributed by atoms with Crippen molar-refractivity contribution in [3.05, 3.63) is 29.6 Å². The lowest BCUT2D eigenvalue weighted by molar-refractivity contribution is -0.116. The van der Waals surface area contributed by atoms with Gasteiger partial charge in [-0.25, -0.2) is 4.98 Å². The first-order chi connectivity index (χ1) is 10.1. The van der Waals surface area contributed by atoms with Gasteiger partial charge >= 0.3 is 0 Å². The second-order valence-electron chi connectivity index (χ2n) is 4.80. The van der Waals surface area contributed by atoms with Crippen LogP contribution in [0.15, 0.2) is 29.6 Å². The second-order valence-corrected chi connectivity index (χ2v) is 5.66. The van der Waals surface area contributed by atoms with Gasteiger partial charge in [0, 0.05) is 23.4 Å². The van der Waals surface area contributed by atoms with E-state index >= 15 is 0 Å². The third-order valence-electron chi connectivity index (χ3n) is 2.96. The number of aromatic nitrogens is 1. The first kappa shape index (κ1) is 18.4. The van der Waals surface area contributed by atoms with Crippen molar-refractivity contribution in [3.63, 3.8) is 0 Å². The number of nitrogens with two attached hydrogens (primary N) is 1. The van der Waals surface area contributed by atoms with Gasteiger partial charge < -0.3 is 15.8 Å². The maximum Gasteiger partial charge on any atom is 0.226 e. The molecule has 1 atom stereocenters. The van der Waals surface area contributed by atoms with Gasteiger partial charge in [-0.2, -0.15) is 0 Å². The molecule has 0 aliphatic heterocycles. The number of ether oxygens (including phenoxy) is 1. The van der Waals surface area contributed by atoms with Crippen molar-refractivity contribution in [1.29, 1.82) is 0 Å². The zero-order valence-corrected chi connectivity index (χ0v) is 14.2. The van der Waals surface area contributed by atoms with E-state index in [0.29, 0.717) is 18.0 Å². The highest BCUT2D eigenvalue weighted by Crippen LogP contribution is 2.31. The van der Waals surface area contributed by atoms with Gasteiger partial charge in [0.25, 0.3) is 0 Å². The fourth-order valence-electron chi connectivity index (χ4n) is 1.85. The molecule has 0 saturated heterocycles. The lowest BCUT2D eigenvalue weighted by Crippen LogP contribution is -2.19.